The summed E-state index contributed by atoms with van der Waals surface area (Å²) < 4.78 is 39.3. The Kier molecular flexibility index (Phi) is 6.50. The minimum Gasteiger partial charge on any atom is -0.396 e. The summed E-state index contributed by atoms with van der Waals surface area (Å²) in [5, 5.41) is 14.4. The minimum absolute atomic E-state index is 0.00301. The maximum Gasteiger partial charge on any atom is 0.417 e. The van der Waals surface area contributed by atoms with Crippen molar-refractivity contribution in [2.75, 3.05) is 23.8 Å². The van der Waals surface area contributed by atoms with E-state index in [2.05, 4.69) is 25.6 Å². The van der Waals surface area contributed by atoms with E-state index in [-0.39, 0.29) is 29.1 Å². The molecule has 1 aromatic carbocycles. The number of nitrogens with one attached hydrogen (secondary N) is 2. The Bertz CT molecular complexity index is 970. The topological polar surface area (TPSA) is 83.0 Å². The van der Waals surface area contributed by atoms with E-state index in [1.165, 1.54) is 12.1 Å². The summed E-state index contributed by atoms with van der Waals surface area (Å²) in [6.45, 7) is 0.434. The van der Waals surface area contributed by atoms with Crippen LogP contribution in [0.3, 0.4) is 0 Å². The van der Waals surface area contributed by atoms with Gasteiger partial charge >= 0.3 is 6.18 Å². The van der Waals surface area contributed by atoms with Crippen molar-refractivity contribution in [2.24, 2.45) is 0 Å². The molecule has 0 bridgehead atoms. The van der Waals surface area contributed by atoms with Crippen LogP contribution in [0.5, 0.6) is 0 Å². The Morgan fingerprint density at radius 2 is 1.86 bits per heavy atom. The fraction of sp³-hybridized carbons (Fsp3) is 0.211. The zero-order valence-corrected chi connectivity index (χ0v) is 15.8. The van der Waals surface area contributed by atoms with Crippen molar-refractivity contribution in [3.8, 4) is 11.4 Å². The van der Waals surface area contributed by atoms with Crippen molar-refractivity contribution in [1.29, 1.82) is 0 Å². The maximum absolute atomic E-state index is 13.1. The van der Waals surface area contributed by atoms with Crippen LogP contribution in [0.4, 0.5) is 30.6 Å². The van der Waals surface area contributed by atoms with Gasteiger partial charge in [-0.1, -0.05) is 17.7 Å². The molecule has 0 aliphatic rings. The third-order valence-electron chi connectivity index (χ3n) is 3.82. The van der Waals surface area contributed by atoms with Gasteiger partial charge in [0.15, 0.2) is 0 Å². The molecule has 0 atom stereocenters. The highest BCUT2D eigenvalue weighted by Gasteiger charge is 2.33. The number of hydrogen-bond donors (Lipinski definition) is 3. The van der Waals surface area contributed by atoms with Crippen molar-refractivity contribution in [2.45, 2.75) is 12.6 Å². The number of hydrogen-bond acceptors (Lipinski definition) is 6. The average molecular weight is 424 g/mol. The smallest absolute Gasteiger partial charge is 0.396 e. The molecule has 0 aliphatic carbocycles. The second kappa shape index (κ2) is 9.06. The number of aliphatic hydroxyl groups is 1. The SMILES string of the molecule is OCCCNc1nc(Nc2ccc(Cl)c(C(F)(F)F)c2)cc(-c2ccccn2)n1. The van der Waals surface area contributed by atoms with Crippen molar-refractivity contribution in [3.05, 3.63) is 59.2 Å². The molecule has 0 aliphatic heterocycles. The van der Waals surface area contributed by atoms with Crippen LogP contribution in [0.25, 0.3) is 11.4 Å². The van der Waals surface area contributed by atoms with E-state index in [0.29, 0.717) is 24.4 Å². The molecule has 0 amide bonds. The van der Waals surface area contributed by atoms with Crippen LogP contribution in [-0.4, -0.2) is 33.2 Å². The first-order valence-electron chi connectivity index (χ1n) is 8.66. The first-order chi connectivity index (χ1) is 13.9. The van der Waals surface area contributed by atoms with Gasteiger partial charge in [0.2, 0.25) is 5.95 Å². The Labute approximate surface area is 169 Å². The molecule has 0 fully saturated rings. The molecule has 3 rings (SSSR count). The molecular formula is C19H17ClF3N5O. The van der Waals surface area contributed by atoms with E-state index in [0.717, 1.165) is 6.07 Å². The third kappa shape index (κ3) is 5.55. The zero-order valence-electron chi connectivity index (χ0n) is 15.0. The van der Waals surface area contributed by atoms with Crippen LogP contribution in [0.1, 0.15) is 12.0 Å². The molecule has 3 aromatic rings. The number of aliphatic hydroxyl groups excluding tert-OH is 1. The predicted molar refractivity (Wildman–Crippen MR) is 105 cm³/mol. The van der Waals surface area contributed by atoms with Gasteiger partial charge in [-0.3, -0.25) is 4.98 Å². The Morgan fingerprint density at radius 3 is 2.55 bits per heavy atom. The number of nitrogens with zero attached hydrogens (tertiary/aromatic N) is 3. The molecule has 10 heteroatoms. The lowest BCUT2D eigenvalue weighted by molar-refractivity contribution is -0.137. The van der Waals surface area contributed by atoms with Gasteiger partial charge in [-0.15, -0.1) is 0 Å². The summed E-state index contributed by atoms with van der Waals surface area (Å²) in [7, 11) is 0. The molecule has 152 valence electrons. The lowest BCUT2D eigenvalue weighted by Gasteiger charge is -2.13. The largest absolute Gasteiger partial charge is 0.417 e. The van der Waals surface area contributed by atoms with E-state index >= 15 is 0 Å². The van der Waals surface area contributed by atoms with E-state index < -0.39 is 11.7 Å². The number of anilines is 3. The lowest BCUT2D eigenvalue weighted by Crippen LogP contribution is -2.09. The van der Waals surface area contributed by atoms with Crippen molar-refractivity contribution < 1.29 is 18.3 Å². The van der Waals surface area contributed by atoms with E-state index in [1.54, 1.807) is 30.5 Å². The van der Waals surface area contributed by atoms with Crippen molar-refractivity contribution in [1.82, 2.24) is 15.0 Å². The Hall–Kier alpha value is -2.91. The number of rotatable bonds is 7. The average Bonchev–Trinajstić information content (AvgIpc) is 2.69. The van der Waals surface area contributed by atoms with Gasteiger partial charge in [-0.25, -0.2) is 4.98 Å². The molecule has 0 saturated carbocycles. The molecule has 0 saturated heterocycles. The van der Waals surface area contributed by atoms with Crippen LogP contribution in [0, 0.1) is 0 Å². The molecular weight excluding hydrogens is 407 g/mol. The predicted octanol–water partition coefficient (Wildman–Crippen LogP) is 4.75. The molecule has 3 N–H and O–H groups in total. The number of aromatic nitrogens is 3. The fourth-order valence-electron chi connectivity index (χ4n) is 2.48. The van der Waals surface area contributed by atoms with Gasteiger partial charge in [0.05, 0.1) is 22.0 Å². The summed E-state index contributed by atoms with van der Waals surface area (Å²) in [5.41, 5.74) is 0.299. The van der Waals surface area contributed by atoms with Gasteiger partial charge in [0.25, 0.3) is 0 Å². The number of alkyl halides is 3. The highest BCUT2D eigenvalue weighted by atomic mass is 35.5. The number of pyridine rings is 1. The first-order valence-corrected chi connectivity index (χ1v) is 9.03. The molecule has 2 heterocycles. The van der Waals surface area contributed by atoms with Gasteiger partial charge < -0.3 is 15.7 Å². The molecule has 29 heavy (non-hydrogen) atoms. The highest BCUT2D eigenvalue weighted by molar-refractivity contribution is 6.31. The standard InChI is InChI=1S/C19H17ClF3N5O/c20-14-6-5-12(10-13(14)19(21,22)23)26-17-11-16(15-4-1-2-7-24-15)27-18(28-17)25-8-3-9-29/h1-2,4-7,10-11,29H,3,8-9H2,(H2,25,26,27,28). The van der Waals surface area contributed by atoms with Crippen LogP contribution in [-0.2, 0) is 6.18 Å². The summed E-state index contributed by atoms with van der Waals surface area (Å²) in [5.74, 6) is 0.539. The van der Waals surface area contributed by atoms with Gasteiger partial charge in [0, 0.05) is 31.1 Å². The normalized spacial score (nSPS) is 11.3. The summed E-state index contributed by atoms with van der Waals surface area (Å²) in [4.78, 5) is 12.9. The van der Waals surface area contributed by atoms with E-state index in [9.17, 15) is 13.2 Å². The fourth-order valence-corrected chi connectivity index (χ4v) is 2.71. The van der Waals surface area contributed by atoms with Crippen LogP contribution in [0.2, 0.25) is 5.02 Å². The second-order valence-electron chi connectivity index (χ2n) is 6.00. The Balaban J connectivity index is 1.95. The van der Waals surface area contributed by atoms with Gasteiger partial charge in [-0.2, -0.15) is 18.2 Å². The quantitative estimate of drug-likeness (QED) is 0.476. The van der Waals surface area contributed by atoms with Crippen LogP contribution in [0.15, 0.2) is 48.7 Å². The number of benzene rings is 1. The monoisotopic (exact) mass is 423 g/mol. The number of halogens is 4. The summed E-state index contributed by atoms with van der Waals surface area (Å²) in [6.07, 6.45) is -2.47. The van der Waals surface area contributed by atoms with Gasteiger partial charge in [0.1, 0.15) is 5.82 Å². The van der Waals surface area contributed by atoms with Crippen molar-refractivity contribution in [3.63, 3.8) is 0 Å². The first kappa shape index (κ1) is 20.8. The van der Waals surface area contributed by atoms with Crippen LogP contribution < -0.4 is 10.6 Å². The van der Waals surface area contributed by atoms with E-state index in [4.69, 9.17) is 16.7 Å². The Morgan fingerprint density at radius 1 is 1.03 bits per heavy atom. The van der Waals surface area contributed by atoms with Gasteiger partial charge in [-0.05, 0) is 36.8 Å². The molecule has 6 nitrogen and oxygen atoms in total. The third-order valence-corrected chi connectivity index (χ3v) is 4.15. The lowest BCUT2D eigenvalue weighted by atomic mass is 10.2. The molecule has 2 aromatic heterocycles. The summed E-state index contributed by atoms with van der Waals surface area (Å²) in [6, 6.07) is 10.4. The molecule has 0 unspecified atom stereocenters. The van der Waals surface area contributed by atoms with Crippen LogP contribution >= 0.6 is 11.6 Å². The highest BCUT2D eigenvalue weighted by Crippen LogP contribution is 2.36. The molecule has 0 spiro atoms. The second-order valence-corrected chi connectivity index (χ2v) is 6.41. The van der Waals surface area contributed by atoms with Crippen molar-refractivity contribution >= 4 is 29.1 Å². The molecule has 0 radical (unpaired) electrons. The van der Waals surface area contributed by atoms with E-state index in [1.807, 2.05) is 0 Å². The maximum atomic E-state index is 13.1. The zero-order chi connectivity index (χ0) is 20.9. The summed E-state index contributed by atoms with van der Waals surface area (Å²) >= 11 is 5.67. The minimum atomic E-state index is -4.57.